The van der Waals surface area contributed by atoms with Crippen molar-refractivity contribution in [1.29, 1.82) is 0 Å². The third-order valence-corrected chi connectivity index (χ3v) is 12.8. The predicted octanol–water partition coefficient (Wildman–Crippen LogP) is 13.9. The number of fused-ring (bicyclic) bond motifs is 6. The van der Waals surface area contributed by atoms with E-state index in [1.807, 2.05) is 6.08 Å². The zero-order chi connectivity index (χ0) is 37.8. The molecule has 4 nitrogen and oxygen atoms in total. The summed E-state index contributed by atoms with van der Waals surface area (Å²) in [4.78, 5) is 0. The average Bonchev–Trinajstić information content (AvgIpc) is 3.56. The van der Waals surface area contributed by atoms with Crippen molar-refractivity contribution in [2.24, 2.45) is 22.7 Å². The van der Waals surface area contributed by atoms with Crippen LogP contribution in [0.15, 0.2) is 100 Å². The SMILES string of the molecule is C=C/C(O)=C\c1c2ccccc2c2cc(C)cc(C3CC(C)(C)CC3C)c2ooc2c(C3CC(C)(C)CC3C)cc(C)cc2c2ccccc2[n+]1SC. The van der Waals surface area contributed by atoms with Gasteiger partial charge in [0.05, 0.1) is 16.8 Å². The summed E-state index contributed by atoms with van der Waals surface area (Å²) in [7, 11) is 0. The second-order valence-electron chi connectivity index (χ2n) is 17.6. The first-order chi connectivity index (χ1) is 25.2. The summed E-state index contributed by atoms with van der Waals surface area (Å²) in [5.41, 5.74) is 8.64. The molecule has 4 aromatic carbocycles. The van der Waals surface area contributed by atoms with Crippen LogP contribution in [0.4, 0.5) is 0 Å². The highest BCUT2D eigenvalue weighted by atomic mass is 32.2. The molecular formula is C48H56NO3S+. The fourth-order valence-electron chi connectivity index (χ4n) is 10.0. The van der Waals surface area contributed by atoms with Crippen molar-refractivity contribution >= 4 is 61.6 Å². The predicted molar refractivity (Wildman–Crippen MR) is 225 cm³/mol. The molecule has 276 valence electrons. The Morgan fingerprint density at radius 2 is 1.19 bits per heavy atom. The van der Waals surface area contributed by atoms with Crippen LogP contribution in [0, 0.1) is 36.5 Å². The van der Waals surface area contributed by atoms with Gasteiger partial charge >= 0.3 is 0 Å². The molecule has 1 heterocycles. The molecule has 0 spiro atoms. The van der Waals surface area contributed by atoms with Gasteiger partial charge in [-0.3, -0.25) is 9.15 Å². The highest BCUT2D eigenvalue weighted by Crippen LogP contribution is 2.53. The van der Waals surface area contributed by atoms with Gasteiger partial charge in [-0.05, 0) is 121 Å². The fourth-order valence-corrected chi connectivity index (χ4v) is 10.7. The average molecular weight is 727 g/mol. The molecule has 5 heteroatoms. The first kappa shape index (κ1) is 37.1. The van der Waals surface area contributed by atoms with Gasteiger partial charge in [0.2, 0.25) is 11.2 Å². The third-order valence-electron chi connectivity index (χ3n) is 12.0. The van der Waals surface area contributed by atoms with E-state index in [-0.39, 0.29) is 16.6 Å². The maximum atomic E-state index is 11.2. The number of aromatic nitrogens is 1. The number of rotatable bonds is 5. The molecule has 7 rings (SSSR count). The third kappa shape index (κ3) is 7.10. The number of aliphatic hydroxyl groups excluding tert-OH is 1. The molecule has 2 saturated carbocycles. The summed E-state index contributed by atoms with van der Waals surface area (Å²) in [5.74, 6) is 1.70. The Balaban J connectivity index is 1.81. The summed E-state index contributed by atoms with van der Waals surface area (Å²) < 4.78 is 16.2. The van der Waals surface area contributed by atoms with Crippen molar-refractivity contribution in [3.8, 4) is 0 Å². The quantitative estimate of drug-likeness (QED) is 0.0848. The van der Waals surface area contributed by atoms with Gasteiger partial charge in [0.25, 0.3) is 0 Å². The Morgan fingerprint density at radius 1 is 0.717 bits per heavy atom. The highest BCUT2D eigenvalue weighted by molar-refractivity contribution is 7.92. The minimum Gasteiger partial charge on any atom is -0.508 e. The molecule has 4 atom stereocenters. The van der Waals surface area contributed by atoms with Gasteiger partial charge in [-0.25, -0.2) is 0 Å². The van der Waals surface area contributed by atoms with Crippen LogP contribution in [0.25, 0.3) is 49.7 Å². The van der Waals surface area contributed by atoms with E-state index < -0.39 is 0 Å². The number of benzene rings is 4. The second-order valence-corrected chi connectivity index (χ2v) is 18.4. The van der Waals surface area contributed by atoms with Crippen LogP contribution in [-0.4, -0.2) is 11.4 Å². The Labute approximate surface area is 319 Å². The molecule has 2 aliphatic rings. The molecule has 1 N–H and O–H groups in total. The van der Waals surface area contributed by atoms with Crippen LogP contribution in [0.3, 0.4) is 0 Å². The van der Waals surface area contributed by atoms with Gasteiger partial charge in [-0.1, -0.05) is 90.6 Å². The maximum Gasteiger partial charge on any atom is 0.231 e. The smallest absolute Gasteiger partial charge is 0.231 e. The van der Waals surface area contributed by atoms with E-state index in [0.717, 1.165) is 75.0 Å². The normalized spacial score (nSPS) is 22.4. The van der Waals surface area contributed by atoms with Gasteiger partial charge in [0.15, 0.2) is 23.1 Å². The number of aliphatic hydroxyl groups is 1. The molecule has 53 heavy (non-hydrogen) atoms. The van der Waals surface area contributed by atoms with E-state index in [0.29, 0.717) is 23.7 Å². The molecule has 4 unspecified atom stereocenters. The summed E-state index contributed by atoms with van der Waals surface area (Å²) in [6.07, 6.45) is 9.90. The van der Waals surface area contributed by atoms with Crippen molar-refractivity contribution in [2.75, 3.05) is 6.26 Å². The monoisotopic (exact) mass is 726 g/mol. The zero-order valence-electron chi connectivity index (χ0n) is 33.0. The highest BCUT2D eigenvalue weighted by Gasteiger charge is 2.40. The summed E-state index contributed by atoms with van der Waals surface area (Å²) in [5, 5.41) is 16.2. The van der Waals surface area contributed by atoms with Crippen molar-refractivity contribution < 1.29 is 18.2 Å². The van der Waals surface area contributed by atoms with Gasteiger partial charge in [-0.15, -0.1) is 3.97 Å². The van der Waals surface area contributed by atoms with Crippen LogP contribution >= 0.6 is 11.9 Å². The van der Waals surface area contributed by atoms with Crippen molar-refractivity contribution in [3.63, 3.8) is 0 Å². The lowest BCUT2D eigenvalue weighted by Crippen LogP contribution is -2.29. The number of aryl methyl sites for hydroxylation is 2. The van der Waals surface area contributed by atoms with Crippen LogP contribution in [0.1, 0.15) is 107 Å². The second kappa shape index (κ2) is 14.2. The molecule has 2 fully saturated rings. The largest absolute Gasteiger partial charge is 0.508 e. The minimum absolute atomic E-state index is 0.0987. The molecule has 0 saturated heterocycles. The standard InChI is InChI=1S/C48H55NO3S/c1-11-33(50)24-44-35-17-13-12-16-34(35)37-20-29(2)22-39(41-27-47(6,7)25-31(41)4)45(37)51-52-46-38(36-18-14-15-19-43(36)49(44)53-10)21-30(3)23-40(46)42-28-48(8,9)26-32(42)5/h11-24,31-32,41-42H,1,25-28H2,2-10H3/p+1. The van der Waals surface area contributed by atoms with E-state index in [1.54, 1.807) is 11.9 Å². The molecule has 0 radical (unpaired) electrons. The first-order valence-electron chi connectivity index (χ1n) is 19.3. The van der Waals surface area contributed by atoms with E-state index in [2.05, 4.69) is 145 Å². The maximum absolute atomic E-state index is 11.2. The van der Waals surface area contributed by atoms with E-state index in [9.17, 15) is 5.11 Å². The van der Waals surface area contributed by atoms with Crippen LogP contribution < -0.4 is 3.97 Å². The number of hydrogen-bond donors (Lipinski definition) is 1. The Morgan fingerprint density at radius 3 is 1.66 bits per heavy atom. The van der Waals surface area contributed by atoms with Gasteiger partial charge in [0, 0.05) is 34.2 Å². The molecule has 5 aromatic rings. The molecular weight excluding hydrogens is 671 g/mol. The number of para-hydroxylation sites is 1. The first-order valence-corrected chi connectivity index (χ1v) is 20.5. The van der Waals surface area contributed by atoms with Gasteiger partial charge < -0.3 is 5.11 Å². The van der Waals surface area contributed by atoms with Crippen molar-refractivity contribution in [2.45, 2.75) is 92.9 Å². The minimum atomic E-state index is 0.0987. The van der Waals surface area contributed by atoms with E-state index in [4.69, 9.17) is 9.15 Å². The number of hydrogen-bond acceptors (Lipinski definition) is 4. The Bertz CT molecular complexity index is 2410. The van der Waals surface area contributed by atoms with Crippen LogP contribution in [0.5, 0.6) is 0 Å². The van der Waals surface area contributed by atoms with Gasteiger partial charge in [0.1, 0.15) is 5.76 Å². The molecule has 0 bridgehead atoms. The molecule has 0 amide bonds. The summed E-state index contributed by atoms with van der Waals surface area (Å²) in [6, 6.07) is 26.1. The van der Waals surface area contributed by atoms with Crippen molar-refractivity contribution in [3.05, 3.63) is 119 Å². The summed E-state index contributed by atoms with van der Waals surface area (Å²) >= 11 is 1.61. The van der Waals surface area contributed by atoms with E-state index in [1.165, 1.54) is 28.3 Å². The number of allylic oxidation sites excluding steroid dienone is 1. The zero-order valence-corrected chi connectivity index (χ0v) is 33.9. The van der Waals surface area contributed by atoms with Crippen LogP contribution in [-0.2, 0) is 0 Å². The van der Waals surface area contributed by atoms with E-state index >= 15 is 0 Å². The lowest BCUT2D eigenvalue weighted by atomic mass is 9.86. The lowest BCUT2D eigenvalue weighted by Gasteiger charge is -2.19. The molecule has 1 aromatic heterocycles. The van der Waals surface area contributed by atoms with Crippen molar-refractivity contribution in [1.82, 2.24) is 0 Å². The Kier molecular flexibility index (Phi) is 9.95. The Hall–Kier alpha value is -4.22. The fraction of sp³-hybridized carbons (Fsp3) is 0.396. The number of nitrogens with zero attached hydrogens (tertiary/aromatic N) is 1. The van der Waals surface area contributed by atoms with Gasteiger partial charge in [-0.2, -0.15) is 0 Å². The van der Waals surface area contributed by atoms with Crippen LogP contribution in [0.2, 0.25) is 0 Å². The topological polar surface area (TPSA) is 50.4 Å². The summed E-state index contributed by atoms with van der Waals surface area (Å²) in [6.45, 7) is 22.6. The lowest BCUT2D eigenvalue weighted by molar-refractivity contribution is -0.463. The molecule has 0 aliphatic heterocycles. The molecule has 2 aliphatic carbocycles.